The number of ether oxygens (including phenoxy) is 1. The molecule has 7 heteroatoms. The van der Waals surface area contributed by atoms with E-state index in [0.29, 0.717) is 12.3 Å². The summed E-state index contributed by atoms with van der Waals surface area (Å²) in [6, 6.07) is 13.9. The van der Waals surface area contributed by atoms with Gasteiger partial charge in [0, 0.05) is 16.9 Å². The first-order valence-electron chi connectivity index (χ1n) is 9.03. The number of thioether (sulfide) groups is 1. The summed E-state index contributed by atoms with van der Waals surface area (Å²) in [6.07, 6.45) is 1.14. The van der Waals surface area contributed by atoms with Crippen LogP contribution in [0.5, 0.6) is 5.75 Å². The first-order chi connectivity index (χ1) is 13.5. The second-order valence-electron chi connectivity index (χ2n) is 6.39. The van der Waals surface area contributed by atoms with Gasteiger partial charge in [0.15, 0.2) is 0 Å². The first-order valence-corrected chi connectivity index (χ1v) is 10.0. The van der Waals surface area contributed by atoms with Crippen LogP contribution in [0.4, 0.5) is 6.01 Å². The fourth-order valence-corrected chi connectivity index (χ4v) is 3.39. The molecule has 1 N–H and O–H groups in total. The predicted octanol–water partition coefficient (Wildman–Crippen LogP) is 4.87. The number of hydrogen-bond acceptors (Lipinski definition) is 6. The molecule has 0 radical (unpaired) electrons. The van der Waals surface area contributed by atoms with Crippen molar-refractivity contribution in [3.05, 3.63) is 53.6 Å². The summed E-state index contributed by atoms with van der Waals surface area (Å²) in [5, 5.41) is 10.6. The summed E-state index contributed by atoms with van der Waals surface area (Å²) < 4.78 is 10.7. The Morgan fingerprint density at radius 2 is 1.89 bits per heavy atom. The molecule has 0 fully saturated rings. The number of benzene rings is 2. The monoisotopic (exact) mass is 397 g/mol. The van der Waals surface area contributed by atoms with E-state index in [1.54, 1.807) is 18.9 Å². The maximum atomic E-state index is 12.1. The number of carbonyl (C=O) groups excluding carboxylic acids is 1. The van der Waals surface area contributed by atoms with Gasteiger partial charge in [0.1, 0.15) is 5.75 Å². The van der Waals surface area contributed by atoms with Gasteiger partial charge in [0.25, 0.3) is 0 Å². The van der Waals surface area contributed by atoms with Crippen LogP contribution in [0, 0.1) is 13.8 Å². The quantitative estimate of drug-likeness (QED) is 0.431. The summed E-state index contributed by atoms with van der Waals surface area (Å²) in [5.41, 5.74) is 3.19. The van der Waals surface area contributed by atoms with Crippen molar-refractivity contribution >= 4 is 23.7 Å². The van der Waals surface area contributed by atoms with Gasteiger partial charge in [-0.2, -0.15) is 0 Å². The van der Waals surface area contributed by atoms with Gasteiger partial charge in [-0.25, -0.2) is 0 Å². The third-order valence-electron chi connectivity index (χ3n) is 4.30. The molecule has 0 aliphatic heterocycles. The van der Waals surface area contributed by atoms with E-state index in [1.807, 2.05) is 56.3 Å². The molecule has 0 unspecified atom stereocenters. The fourth-order valence-electron chi connectivity index (χ4n) is 2.54. The minimum atomic E-state index is -0.134. The number of amides is 1. The molecule has 28 heavy (non-hydrogen) atoms. The Labute approximate surface area is 168 Å². The lowest BCUT2D eigenvalue weighted by molar-refractivity contribution is -0.116. The van der Waals surface area contributed by atoms with Crippen molar-refractivity contribution in [1.82, 2.24) is 10.2 Å². The molecule has 0 saturated carbocycles. The Bertz CT molecular complexity index is 938. The minimum Gasteiger partial charge on any atom is -0.497 e. The molecule has 1 amide bonds. The summed E-state index contributed by atoms with van der Waals surface area (Å²) in [7, 11) is 1.65. The SMILES string of the molecule is COc1ccc(SCCCC(=O)Nc2nnc(-c3ccc(C)c(C)c3)o2)cc1. The molecular formula is C21H23N3O3S. The maximum absolute atomic E-state index is 12.1. The third-order valence-corrected chi connectivity index (χ3v) is 5.40. The molecule has 0 aliphatic carbocycles. The van der Waals surface area contributed by atoms with Crippen molar-refractivity contribution < 1.29 is 13.9 Å². The summed E-state index contributed by atoms with van der Waals surface area (Å²) in [4.78, 5) is 13.2. The predicted molar refractivity (Wildman–Crippen MR) is 111 cm³/mol. The molecule has 0 aliphatic rings. The lowest BCUT2D eigenvalue weighted by atomic mass is 10.1. The molecule has 3 rings (SSSR count). The van der Waals surface area contributed by atoms with E-state index in [2.05, 4.69) is 15.5 Å². The van der Waals surface area contributed by atoms with E-state index in [-0.39, 0.29) is 11.9 Å². The molecule has 6 nitrogen and oxygen atoms in total. The van der Waals surface area contributed by atoms with Crippen molar-refractivity contribution in [2.45, 2.75) is 31.6 Å². The smallest absolute Gasteiger partial charge is 0.322 e. The van der Waals surface area contributed by atoms with E-state index < -0.39 is 0 Å². The summed E-state index contributed by atoms with van der Waals surface area (Å²) >= 11 is 1.70. The molecule has 3 aromatic rings. The highest BCUT2D eigenvalue weighted by Gasteiger charge is 2.12. The number of nitrogens with one attached hydrogen (secondary N) is 1. The Kier molecular flexibility index (Phi) is 6.71. The van der Waals surface area contributed by atoms with Gasteiger partial charge < -0.3 is 9.15 Å². The van der Waals surface area contributed by atoms with Crippen LogP contribution in [-0.4, -0.2) is 29.0 Å². The number of rotatable bonds is 8. The molecule has 2 aromatic carbocycles. The molecule has 0 spiro atoms. The highest BCUT2D eigenvalue weighted by atomic mass is 32.2. The molecule has 1 aromatic heterocycles. The van der Waals surface area contributed by atoms with Gasteiger partial charge in [-0.15, -0.1) is 16.9 Å². The van der Waals surface area contributed by atoms with Crippen molar-refractivity contribution in [2.24, 2.45) is 0 Å². The zero-order chi connectivity index (χ0) is 19.9. The van der Waals surface area contributed by atoms with Gasteiger partial charge in [-0.1, -0.05) is 11.2 Å². The highest BCUT2D eigenvalue weighted by Crippen LogP contribution is 2.24. The number of carbonyl (C=O) groups is 1. The van der Waals surface area contributed by atoms with Crippen molar-refractivity contribution in [3.63, 3.8) is 0 Å². The van der Waals surface area contributed by atoms with Crippen LogP contribution in [0.15, 0.2) is 51.8 Å². The molecular weight excluding hydrogens is 374 g/mol. The molecule has 0 saturated heterocycles. The van der Waals surface area contributed by atoms with E-state index in [9.17, 15) is 4.79 Å². The standard InChI is InChI=1S/C21H23N3O3S/c1-14-6-7-16(13-15(14)2)20-23-24-21(27-20)22-19(25)5-4-12-28-18-10-8-17(26-3)9-11-18/h6-11,13H,4-5,12H2,1-3H3,(H,22,24,25). The average Bonchev–Trinajstić information content (AvgIpc) is 3.16. The lowest BCUT2D eigenvalue weighted by Gasteiger charge is -2.04. The topological polar surface area (TPSA) is 77.2 Å². The highest BCUT2D eigenvalue weighted by molar-refractivity contribution is 7.99. The van der Waals surface area contributed by atoms with Gasteiger partial charge in [-0.3, -0.25) is 10.1 Å². The number of hydrogen-bond donors (Lipinski definition) is 1. The van der Waals surface area contributed by atoms with Crippen LogP contribution in [0.25, 0.3) is 11.5 Å². The van der Waals surface area contributed by atoms with Crippen LogP contribution in [0.3, 0.4) is 0 Å². The Hall–Kier alpha value is -2.80. The Morgan fingerprint density at radius 3 is 2.61 bits per heavy atom. The van der Waals surface area contributed by atoms with E-state index in [4.69, 9.17) is 9.15 Å². The number of nitrogens with zero attached hydrogens (tertiary/aromatic N) is 2. The average molecular weight is 398 g/mol. The molecule has 0 atom stereocenters. The van der Waals surface area contributed by atoms with Crippen LogP contribution < -0.4 is 10.1 Å². The van der Waals surface area contributed by atoms with Crippen LogP contribution in [0.2, 0.25) is 0 Å². The molecule has 1 heterocycles. The van der Waals surface area contributed by atoms with Crippen LogP contribution >= 0.6 is 11.8 Å². The fraction of sp³-hybridized carbons (Fsp3) is 0.286. The molecule has 146 valence electrons. The number of methoxy groups -OCH3 is 1. The van der Waals surface area contributed by atoms with E-state index in [1.165, 1.54) is 5.56 Å². The largest absolute Gasteiger partial charge is 0.497 e. The van der Waals surface area contributed by atoms with Gasteiger partial charge >= 0.3 is 6.01 Å². The maximum Gasteiger partial charge on any atom is 0.322 e. The second-order valence-corrected chi connectivity index (χ2v) is 7.56. The summed E-state index contributed by atoms with van der Waals surface area (Å²) in [5.74, 6) is 1.94. The van der Waals surface area contributed by atoms with Gasteiger partial charge in [0.05, 0.1) is 7.11 Å². The van der Waals surface area contributed by atoms with Crippen molar-refractivity contribution in [1.29, 1.82) is 0 Å². The minimum absolute atomic E-state index is 0.126. The van der Waals surface area contributed by atoms with E-state index in [0.717, 1.165) is 33.9 Å². The first kappa shape index (κ1) is 19.9. The number of anilines is 1. The second kappa shape index (κ2) is 9.41. The van der Waals surface area contributed by atoms with E-state index >= 15 is 0 Å². The Morgan fingerprint density at radius 1 is 1.11 bits per heavy atom. The lowest BCUT2D eigenvalue weighted by Crippen LogP contribution is -2.11. The summed E-state index contributed by atoms with van der Waals surface area (Å²) in [6.45, 7) is 4.08. The van der Waals surface area contributed by atoms with Crippen molar-refractivity contribution in [2.75, 3.05) is 18.2 Å². The Balaban J connectivity index is 1.44. The zero-order valence-electron chi connectivity index (χ0n) is 16.2. The number of aryl methyl sites for hydroxylation is 2. The van der Waals surface area contributed by atoms with Crippen molar-refractivity contribution in [3.8, 4) is 17.2 Å². The molecule has 0 bridgehead atoms. The van der Waals surface area contributed by atoms with Gasteiger partial charge in [-0.05, 0) is 73.5 Å². The van der Waals surface area contributed by atoms with Crippen LogP contribution in [-0.2, 0) is 4.79 Å². The van der Waals surface area contributed by atoms with Gasteiger partial charge in [0.2, 0.25) is 11.8 Å². The normalized spacial score (nSPS) is 10.7. The van der Waals surface area contributed by atoms with Crippen LogP contribution in [0.1, 0.15) is 24.0 Å². The third kappa shape index (κ3) is 5.36. The zero-order valence-corrected chi connectivity index (χ0v) is 17.0. The number of aromatic nitrogens is 2.